The highest BCUT2D eigenvalue weighted by Crippen LogP contribution is 2.17. The fraction of sp³-hybridized carbons (Fsp3) is 0.333. The van der Waals surface area contributed by atoms with E-state index in [2.05, 4.69) is 5.16 Å². The van der Waals surface area contributed by atoms with E-state index in [4.69, 9.17) is 22.5 Å². The normalized spacial score (nSPS) is 13.2. The standard InChI is InChI=1S/C12H15ClFN3O2/c1-7(11(15)16-19)6-17(2)12(18)8-3-4-10(14)9(13)5-8/h3-5,7,19H,6H2,1-2H3,(H2,15,16). The lowest BCUT2D eigenvalue weighted by Crippen LogP contribution is -2.36. The molecule has 1 amide bonds. The summed E-state index contributed by atoms with van der Waals surface area (Å²) in [6.45, 7) is 1.99. The van der Waals surface area contributed by atoms with Crippen LogP contribution in [0.4, 0.5) is 4.39 Å². The van der Waals surface area contributed by atoms with Crippen molar-refractivity contribution in [3.05, 3.63) is 34.6 Å². The molecule has 0 fully saturated rings. The van der Waals surface area contributed by atoms with Gasteiger partial charge >= 0.3 is 0 Å². The number of nitrogens with two attached hydrogens (primary N) is 1. The van der Waals surface area contributed by atoms with E-state index in [9.17, 15) is 9.18 Å². The summed E-state index contributed by atoms with van der Waals surface area (Å²) in [6.07, 6.45) is 0. The van der Waals surface area contributed by atoms with Crippen molar-refractivity contribution < 1.29 is 14.4 Å². The molecule has 19 heavy (non-hydrogen) atoms. The smallest absolute Gasteiger partial charge is 0.253 e. The Balaban J connectivity index is 2.79. The van der Waals surface area contributed by atoms with Crippen LogP contribution in [0, 0.1) is 11.7 Å². The van der Waals surface area contributed by atoms with Gasteiger partial charge in [-0.2, -0.15) is 0 Å². The highest BCUT2D eigenvalue weighted by atomic mass is 35.5. The molecule has 1 aromatic carbocycles. The third-order valence-electron chi connectivity index (χ3n) is 2.68. The van der Waals surface area contributed by atoms with Gasteiger partial charge in [0.1, 0.15) is 11.7 Å². The minimum absolute atomic E-state index is 0.0387. The van der Waals surface area contributed by atoms with E-state index < -0.39 is 5.82 Å². The summed E-state index contributed by atoms with van der Waals surface area (Å²) in [6, 6.07) is 3.76. The first kappa shape index (κ1) is 15.2. The van der Waals surface area contributed by atoms with Gasteiger partial charge in [-0.05, 0) is 18.2 Å². The van der Waals surface area contributed by atoms with Crippen molar-refractivity contribution in [1.82, 2.24) is 4.90 Å². The number of carbonyl (C=O) groups is 1. The summed E-state index contributed by atoms with van der Waals surface area (Å²) >= 11 is 5.62. The monoisotopic (exact) mass is 287 g/mol. The third kappa shape index (κ3) is 3.82. The predicted octanol–water partition coefficient (Wildman–Crippen LogP) is 1.93. The zero-order valence-corrected chi connectivity index (χ0v) is 11.4. The maximum absolute atomic E-state index is 13.0. The highest BCUT2D eigenvalue weighted by molar-refractivity contribution is 6.31. The highest BCUT2D eigenvalue weighted by Gasteiger charge is 2.17. The molecule has 1 atom stereocenters. The lowest BCUT2D eigenvalue weighted by molar-refractivity contribution is 0.0786. The molecule has 1 aromatic rings. The van der Waals surface area contributed by atoms with Crippen LogP contribution in [0.1, 0.15) is 17.3 Å². The van der Waals surface area contributed by atoms with Crippen molar-refractivity contribution in [3.8, 4) is 0 Å². The van der Waals surface area contributed by atoms with Gasteiger partial charge in [0, 0.05) is 25.1 Å². The maximum Gasteiger partial charge on any atom is 0.253 e. The van der Waals surface area contributed by atoms with Crippen LogP contribution in [0.25, 0.3) is 0 Å². The van der Waals surface area contributed by atoms with Crippen molar-refractivity contribution in [1.29, 1.82) is 0 Å². The number of amidine groups is 1. The summed E-state index contributed by atoms with van der Waals surface area (Å²) < 4.78 is 13.0. The van der Waals surface area contributed by atoms with Gasteiger partial charge in [0.05, 0.1) is 5.02 Å². The molecule has 0 aliphatic heterocycles. The maximum atomic E-state index is 13.0. The second kappa shape index (κ2) is 6.38. The Bertz CT molecular complexity index is 508. The zero-order valence-electron chi connectivity index (χ0n) is 10.6. The minimum atomic E-state index is -0.578. The SMILES string of the molecule is CC(CN(C)C(=O)c1ccc(F)c(Cl)c1)/C(N)=N/O. The largest absolute Gasteiger partial charge is 0.409 e. The van der Waals surface area contributed by atoms with Crippen molar-refractivity contribution in [2.75, 3.05) is 13.6 Å². The molecule has 0 aromatic heterocycles. The van der Waals surface area contributed by atoms with Crippen LogP contribution < -0.4 is 5.73 Å². The van der Waals surface area contributed by atoms with Crippen LogP contribution in [0.2, 0.25) is 5.02 Å². The van der Waals surface area contributed by atoms with Gasteiger partial charge in [-0.15, -0.1) is 0 Å². The molecule has 5 nitrogen and oxygen atoms in total. The van der Waals surface area contributed by atoms with Gasteiger partial charge in [-0.25, -0.2) is 4.39 Å². The molecule has 0 bridgehead atoms. The van der Waals surface area contributed by atoms with E-state index in [0.717, 1.165) is 6.07 Å². The molecule has 1 unspecified atom stereocenters. The number of amides is 1. The molecule has 104 valence electrons. The van der Waals surface area contributed by atoms with Crippen LogP contribution >= 0.6 is 11.6 Å². The van der Waals surface area contributed by atoms with Gasteiger partial charge in [-0.3, -0.25) is 4.79 Å². The number of halogens is 2. The predicted molar refractivity (Wildman–Crippen MR) is 70.9 cm³/mol. The van der Waals surface area contributed by atoms with Gasteiger partial charge in [0.15, 0.2) is 0 Å². The number of rotatable bonds is 4. The van der Waals surface area contributed by atoms with E-state index in [-0.39, 0.29) is 34.8 Å². The Morgan fingerprint density at radius 1 is 1.63 bits per heavy atom. The Kier molecular flexibility index (Phi) is 5.11. The number of hydrogen-bond acceptors (Lipinski definition) is 3. The molecule has 0 aliphatic rings. The Hall–Kier alpha value is -1.82. The van der Waals surface area contributed by atoms with Crippen molar-refractivity contribution in [2.45, 2.75) is 6.92 Å². The Morgan fingerprint density at radius 3 is 2.79 bits per heavy atom. The summed E-state index contributed by atoms with van der Waals surface area (Å²) in [5.41, 5.74) is 5.72. The molecule has 1 rings (SSSR count). The molecule has 0 spiro atoms. The number of hydrogen-bond donors (Lipinski definition) is 2. The fourth-order valence-corrected chi connectivity index (χ4v) is 1.72. The van der Waals surface area contributed by atoms with Gasteiger partial charge in [-0.1, -0.05) is 23.7 Å². The Labute approximate surface area is 115 Å². The first-order chi connectivity index (χ1) is 8.86. The summed E-state index contributed by atoms with van der Waals surface area (Å²) in [7, 11) is 1.57. The molecule has 0 radical (unpaired) electrons. The average molecular weight is 288 g/mol. The van der Waals surface area contributed by atoms with E-state index >= 15 is 0 Å². The van der Waals surface area contributed by atoms with Crippen LogP contribution in [-0.2, 0) is 0 Å². The van der Waals surface area contributed by atoms with E-state index in [1.165, 1.54) is 17.0 Å². The first-order valence-electron chi connectivity index (χ1n) is 5.54. The zero-order chi connectivity index (χ0) is 14.6. The molecule has 0 heterocycles. The molecule has 0 saturated carbocycles. The molecule has 0 saturated heterocycles. The van der Waals surface area contributed by atoms with Gasteiger partial charge < -0.3 is 15.8 Å². The second-order valence-electron chi connectivity index (χ2n) is 4.24. The third-order valence-corrected chi connectivity index (χ3v) is 2.97. The average Bonchev–Trinajstić information content (AvgIpc) is 2.39. The summed E-state index contributed by atoms with van der Waals surface area (Å²) in [4.78, 5) is 13.5. The first-order valence-corrected chi connectivity index (χ1v) is 5.92. The number of oxime groups is 1. The minimum Gasteiger partial charge on any atom is -0.409 e. The van der Waals surface area contributed by atoms with Crippen LogP contribution in [0.3, 0.4) is 0 Å². The van der Waals surface area contributed by atoms with E-state index in [0.29, 0.717) is 0 Å². The van der Waals surface area contributed by atoms with Gasteiger partial charge in [0.25, 0.3) is 5.91 Å². The van der Waals surface area contributed by atoms with Crippen molar-refractivity contribution >= 4 is 23.3 Å². The topological polar surface area (TPSA) is 78.9 Å². The summed E-state index contributed by atoms with van der Waals surface area (Å²) in [5.74, 6) is -1.16. The summed E-state index contributed by atoms with van der Waals surface area (Å²) in [5, 5.41) is 11.3. The molecule has 3 N–H and O–H groups in total. The lowest BCUT2D eigenvalue weighted by Gasteiger charge is -2.21. The molecule has 7 heteroatoms. The van der Waals surface area contributed by atoms with E-state index in [1.807, 2.05) is 0 Å². The number of benzene rings is 1. The Morgan fingerprint density at radius 2 is 2.26 bits per heavy atom. The molecular weight excluding hydrogens is 273 g/mol. The van der Waals surface area contributed by atoms with Crippen molar-refractivity contribution in [3.63, 3.8) is 0 Å². The quantitative estimate of drug-likeness (QED) is 0.384. The number of carbonyl (C=O) groups excluding carboxylic acids is 1. The van der Waals surface area contributed by atoms with Crippen molar-refractivity contribution in [2.24, 2.45) is 16.8 Å². The van der Waals surface area contributed by atoms with Crippen LogP contribution in [-0.4, -0.2) is 35.4 Å². The van der Waals surface area contributed by atoms with Gasteiger partial charge in [0.2, 0.25) is 0 Å². The van der Waals surface area contributed by atoms with Crippen LogP contribution in [0.5, 0.6) is 0 Å². The fourth-order valence-electron chi connectivity index (χ4n) is 1.54. The second-order valence-corrected chi connectivity index (χ2v) is 4.65. The number of nitrogens with zero attached hydrogens (tertiary/aromatic N) is 2. The lowest BCUT2D eigenvalue weighted by atomic mass is 10.1. The molecular formula is C12H15ClFN3O2. The molecule has 0 aliphatic carbocycles. The van der Waals surface area contributed by atoms with E-state index in [1.54, 1.807) is 14.0 Å². The van der Waals surface area contributed by atoms with Crippen LogP contribution in [0.15, 0.2) is 23.4 Å².